The fourth-order valence-corrected chi connectivity index (χ4v) is 2.63. The van der Waals surface area contributed by atoms with Gasteiger partial charge in [0, 0.05) is 13.1 Å². The van der Waals surface area contributed by atoms with Crippen molar-refractivity contribution in [3.63, 3.8) is 0 Å². The van der Waals surface area contributed by atoms with Crippen molar-refractivity contribution in [2.45, 2.75) is 26.2 Å². The predicted octanol–water partition coefficient (Wildman–Crippen LogP) is 2.50. The molecule has 0 spiro atoms. The number of rotatable bonds is 5. The van der Waals surface area contributed by atoms with E-state index in [2.05, 4.69) is 0 Å². The number of carbonyl (C=O) groups is 2. The minimum absolute atomic E-state index is 0.00593. The Morgan fingerprint density at radius 1 is 1.39 bits per heavy atom. The minimum Gasteiger partial charge on any atom is -0.493 e. The zero-order valence-electron chi connectivity index (χ0n) is 13.0. The van der Waals surface area contributed by atoms with Gasteiger partial charge in [0.25, 0.3) is 5.91 Å². The van der Waals surface area contributed by atoms with Gasteiger partial charge in [-0.2, -0.15) is 8.78 Å². The van der Waals surface area contributed by atoms with Crippen LogP contribution >= 0.6 is 0 Å². The van der Waals surface area contributed by atoms with Gasteiger partial charge in [-0.1, -0.05) is 12.1 Å². The van der Waals surface area contributed by atoms with E-state index in [0.29, 0.717) is 0 Å². The number of hydrogen-bond donors (Lipinski definition) is 1. The van der Waals surface area contributed by atoms with Crippen LogP contribution in [-0.2, 0) is 15.5 Å². The summed E-state index contributed by atoms with van der Waals surface area (Å²) in [6.07, 6.45) is 0.150. The second kappa shape index (κ2) is 6.14. The van der Waals surface area contributed by atoms with Crippen molar-refractivity contribution < 1.29 is 28.2 Å². The largest absolute Gasteiger partial charge is 0.493 e. The molecule has 1 heterocycles. The number of carbonyl (C=O) groups excluding carboxylic acids is 1. The van der Waals surface area contributed by atoms with Gasteiger partial charge in [-0.25, -0.2) is 0 Å². The number of para-hydroxylation sites is 1. The van der Waals surface area contributed by atoms with Gasteiger partial charge in [-0.3, -0.25) is 9.59 Å². The van der Waals surface area contributed by atoms with E-state index < -0.39 is 28.8 Å². The molecular weight excluding hydrogens is 308 g/mol. The van der Waals surface area contributed by atoms with Crippen LogP contribution in [0, 0.1) is 5.41 Å². The molecule has 7 heteroatoms. The maximum absolute atomic E-state index is 14.6. The third-order valence-electron chi connectivity index (χ3n) is 4.07. The average molecular weight is 327 g/mol. The number of carboxylic acid groups (broad SMARTS) is 1. The summed E-state index contributed by atoms with van der Waals surface area (Å²) in [5.74, 6) is -6.30. The van der Waals surface area contributed by atoms with Crippen molar-refractivity contribution >= 4 is 11.9 Å². The Bertz CT molecular complexity index is 620. The van der Waals surface area contributed by atoms with E-state index in [4.69, 9.17) is 9.84 Å². The zero-order valence-corrected chi connectivity index (χ0v) is 13.0. The van der Waals surface area contributed by atoms with Gasteiger partial charge in [0.05, 0.1) is 17.6 Å². The average Bonchev–Trinajstić information content (AvgIpc) is 2.91. The smallest absolute Gasteiger partial charge is 0.353 e. The molecule has 5 nitrogen and oxygen atoms in total. The number of benzene rings is 1. The monoisotopic (exact) mass is 327 g/mol. The van der Waals surface area contributed by atoms with Gasteiger partial charge < -0.3 is 14.7 Å². The summed E-state index contributed by atoms with van der Waals surface area (Å²) in [6.45, 7) is 3.08. The number of aliphatic carboxylic acids is 1. The first-order chi connectivity index (χ1) is 10.7. The maximum Gasteiger partial charge on any atom is 0.353 e. The van der Waals surface area contributed by atoms with Crippen molar-refractivity contribution in [1.29, 1.82) is 0 Å². The van der Waals surface area contributed by atoms with Crippen LogP contribution in [0.3, 0.4) is 0 Å². The Morgan fingerprint density at radius 3 is 2.61 bits per heavy atom. The highest BCUT2D eigenvalue weighted by molar-refractivity contribution is 5.87. The fourth-order valence-electron chi connectivity index (χ4n) is 2.63. The molecular formula is C16H19F2NO4. The quantitative estimate of drug-likeness (QED) is 0.902. The molecule has 0 saturated carbocycles. The van der Waals surface area contributed by atoms with E-state index >= 15 is 0 Å². The highest BCUT2D eigenvalue weighted by Gasteiger charge is 2.51. The van der Waals surface area contributed by atoms with Crippen molar-refractivity contribution in [2.24, 2.45) is 5.41 Å². The van der Waals surface area contributed by atoms with E-state index in [-0.39, 0.29) is 31.9 Å². The van der Waals surface area contributed by atoms with Gasteiger partial charge >= 0.3 is 11.9 Å². The number of likely N-dealkylation sites (tertiary alicyclic amines) is 1. The summed E-state index contributed by atoms with van der Waals surface area (Å²) < 4.78 is 34.4. The molecule has 1 saturated heterocycles. The van der Waals surface area contributed by atoms with Crippen LogP contribution in [-0.4, -0.2) is 41.6 Å². The molecule has 1 N–H and O–H groups in total. The fraction of sp³-hybridized carbons (Fsp3) is 0.500. The Morgan fingerprint density at radius 2 is 2.04 bits per heavy atom. The number of amides is 1. The first kappa shape index (κ1) is 17.2. The highest BCUT2D eigenvalue weighted by Crippen LogP contribution is 2.39. The molecule has 1 aromatic rings. The van der Waals surface area contributed by atoms with Gasteiger partial charge in [0.2, 0.25) is 0 Å². The molecule has 0 radical (unpaired) electrons. The Hall–Kier alpha value is -2.18. The molecule has 1 aromatic carbocycles. The second-order valence-corrected chi connectivity index (χ2v) is 5.85. The number of nitrogens with zero attached hydrogens (tertiary/aromatic N) is 1. The van der Waals surface area contributed by atoms with Crippen molar-refractivity contribution in [3.05, 3.63) is 29.8 Å². The number of hydrogen-bond acceptors (Lipinski definition) is 3. The summed E-state index contributed by atoms with van der Waals surface area (Å²) in [4.78, 5) is 24.4. The lowest BCUT2D eigenvalue weighted by Gasteiger charge is -2.25. The van der Waals surface area contributed by atoms with Crippen molar-refractivity contribution in [1.82, 2.24) is 4.90 Å². The number of carboxylic acids is 1. The molecule has 1 amide bonds. The van der Waals surface area contributed by atoms with E-state index in [1.54, 1.807) is 13.0 Å². The summed E-state index contributed by atoms with van der Waals surface area (Å²) >= 11 is 0. The van der Waals surface area contributed by atoms with E-state index in [1.807, 2.05) is 0 Å². The summed E-state index contributed by atoms with van der Waals surface area (Å²) in [5, 5.41) is 9.16. The van der Waals surface area contributed by atoms with Gasteiger partial charge in [0.1, 0.15) is 5.75 Å². The molecule has 1 aliphatic rings. The van der Waals surface area contributed by atoms with Crippen LogP contribution in [0.2, 0.25) is 0 Å². The summed E-state index contributed by atoms with van der Waals surface area (Å²) in [5.41, 5.74) is -1.69. The first-order valence-corrected chi connectivity index (χ1v) is 7.35. The molecule has 0 aromatic heterocycles. The van der Waals surface area contributed by atoms with E-state index in [1.165, 1.54) is 19.1 Å². The predicted molar refractivity (Wildman–Crippen MR) is 78.4 cm³/mol. The van der Waals surface area contributed by atoms with Crippen molar-refractivity contribution in [2.75, 3.05) is 19.7 Å². The van der Waals surface area contributed by atoms with Crippen LogP contribution in [0.5, 0.6) is 5.75 Å². The van der Waals surface area contributed by atoms with Crippen LogP contribution in [0.15, 0.2) is 24.3 Å². The van der Waals surface area contributed by atoms with Gasteiger partial charge in [-0.05, 0) is 32.4 Å². The Labute approximate surface area is 132 Å². The molecule has 126 valence electrons. The highest BCUT2D eigenvalue weighted by atomic mass is 19.3. The lowest BCUT2D eigenvalue weighted by atomic mass is 9.90. The van der Waals surface area contributed by atoms with Gasteiger partial charge in [0.15, 0.2) is 0 Å². The number of ether oxygens (including phenoxy) is 1. The molecule has 1 aliphatic heterocycles. The zero-order chi connectivity index (χ0) is 17.3. The Kier molecular flexibility index (Phi) is 4.58. The van der Waals surface area contributed by atoms with Crippen LogP contribution in [0.1, 0.15) is 25.8 Å². The molecule has 1 unspecified atom stereocenters. The summed E-state index contributed by atoms with van der Waals surface area (Å²) in [6, 6.07) is 5.48. The first-order valence-electron chi connectivity index (χ1n) is 7.35. The summed E-state index contributed by atoms with van der Waals surface area (Å²) in [7, 11) is 0. The van der Waals surface area contributed by atoms with Crippen molar-refractivity contribution in [3.8, 4) is 5.75 Å². The molecule has 0 aliphatic carbocycles. The lowest BCUT2D eigenvalue weighted by molar-refractivity contribution is -0.159. The molecule has 1 fully saturated rings. The normalized spacial score (nSPS) is 21.3. The molecule has 2 rings (SSSR count). The van der Waals surface area contributed by atoms with Crippen LogP contribution in [0.25, 0.3) is 0 Å². The lowest BCUT2D eigenvalue weighted by Crippen LogP contribution is -2.42. The third kappa shape index (κ3) is 3.13. The number of alkyl halides is 2. The molecule has 23 heavy (non-hydrogen) atoms. The van der Waals surface area contributed by atoms with E-state index in [9.17, 15) is 18.4 Å². The minimum atomic E-state index is -3.77. The number of halogens is 2. The standard InChI is InChI=1S/C16H19F2NO4/c1-3-23-12-7-5-4-6-11(12)16(17,18)13(20)19-9-8-15(2,10-19)14(21)22/h4-7H,3,8-10H2,1-2H3,(H,21,22). The molecule has 0 bridgehead atoms. The maximum atomic E-state index is 14.6. The van der Waals surface area contributed by atoms with Gasteiger partial charge in [-0.15, -0.1) is 0 Å². The third-order valence-corrected chi connectivity index (χ3v) is 4.07. The molecule has 1 atom stereocenters. The Balaban J connectivity index is 2.27. The van der Waals surface area contributed by atoms with Crippen LogP contribution < -0.4 is 4.74 Å². The van der Waals surface area contributed by atoms with Crippen LogP contribution in [0.4, 0.5) is 8.78 Å². The SMILES string of the molecule is CCOc1ccccc1C(F)(F)C(=O)N1CCC(C)(C(=O)O)C1. The van der Waals surface area contributed by atoms with E-state index in [0.717, 1.165) is 11.0 Å². The topological polar surface area (TPSA) is 66.8 Å². The second-order valence-electron chi connectivity index (χ2n) is 5.85.